The topological polar surface area (TPSA) is 28.4 Å². The molecule has 0 spiro atoms. The molecule has 2 bridgehead atoms. The Morgan fingerprint density at radius 3 is 2.75 bits per heavy atom. The molecule has 1 atom stereocenters. The second kappa shape index (κ2) is 4.51. The van der Waals surface area contributed by atoms with Gasteiger partial charge in [-0.15, -0.1) is 0 Å². The van der Waals surface area contributed by atoms with Crippen molar-refractivity contribution in [3.05, 3.63) is 22.6 Å². The first-order valence-corrected chi connectivity index (χ1v) is 6.80. The van der Waals surface area contributed by atoms with Crippen molar-refractivity contribution in [1.29, 1.82) is 0 Å². The Bertz CT molecular complexity index is 358. The van der Waals surface area contributed by atoms with Gasteiger partial charge in [0.2, 0.25) is 0 Å². The second-order valence-corrected chi connectivity index (χ2v) is 5.61. The third-order valence-electron chi connectivity index (χ3n) is 3.82. The van der Waals surface area contributed by atoms with Crippen LogP contribution in [0.25, 0.3) is 0 Å². The molecule has 1 aromatic rings. The molecule has 1 unspecified atom stereocenters. The molecule has 3 aliphatic rings. The normalized spacial score (nSPS) is 33.2. The van der Waals surface area contributed by atoms with E-state index in [2.05, 4.69) is 26.1 Å². The maximum absolute atomic E-state index is 5.50. The summed E-state index contributed by atoms with van der Waals surface area (Å²) in [5, 5.41) is 3.63. The molecule has 3 fully saturated rings. The zero-order valence-corrected chi connectivity index (χ0v) is 10.9. The molecule has 3 aliphatic heterocycles. The van der Waals surface area contributed by atoms with Crippen LogP contribution < -0.4 is 5.32 Å². The first-order chi connectivity index (χ1) is 7.81. The molecule has 3 saturated heterocycles. The fourth-order valence-electron chi connectivity index (χ4n) is 2.87. The highest BCUT2D eigenvalue weighted by atomic mass is 79.9. The molecule has 4 heteroatoms. The Hall–Kier alpha value is -0.320. The first-order valence-electron chi connectivity index (χ1n) is 6.01. The molecule has 0 radical (unpaired) electrons. The molecule has 0 aliphatic carbocycles. The molecular weight excluding hydrogens is 268 g/mol. The van der Waals surface area contributed by atoms with Gasteiger partial charge in [0.05, 0.1) is 6.54 Å². The molecule has 3 nitrogen and oxygen atoms in total. The number of halogens is 1. The smallest absolute Gasteiger partial charge is 0.169 e. The molecular formula is C12H17BrN2O. The van der Waals surface area contributed by atoms with E-state index in [4.69, 9.17) is 4.42 Å². The van der Waals surface area contributed by atoms with Gasteiger partial charge in [-0.2, -0.15) is 0 Å². The maximum atomic E-state index is 5.50. The summed E-state index contributed by atoms with van der Waals surface area (Å²) in [4.78, 5) is 2.57. The third-order valence-corrected chi connectivity index (χ3v) is 4.25. The first kappa shape index (κ1) is 10.8. The van der Waals surface area contributed by atoms with Gasteiger partial charge in [0.1, 0.15) is 5.76 Å². The summed E-state index contributed by atoms with van der Waals surface area (Å²) >= 11 is 3.33. The Morgan fingerprint density at radius 1 is 1.38 bits per heavy atom. The van der Waals surface area contributed by atoms with Gasteiger partial charge in [-0.3, -0.25) is 0 Å². The molecule has 0 aromatic carbocycles. The van der Waals surface area contributed by atoms with Gasteiger partial charge in [0.25, 0.3) is 0 Å². The van der Waals surface area contributed by atoms with Gasteiger partial charge in [0.15, 0.2) is 4.67 Å². The minimum Gasteiger partial charge on any atom is -0.453 e. The summed E-state index contributed by atoms with van der Waals surface area (Å²) in [6.07, 6.45) is 2.72. The van der Waals surface area contributed by atoms with E-state index in [0.29, 0.717) is 6.04 Å². The van der Waals surface area contributed by atoms with Crippen molar-refractivity contribution < 1.29 is 4.42 Å². The molecule has 4 heterocycles. The van der Waals surface area contributed by atoms with E-state index in [1.807, 2.05) is 12.1 Å². The van der Waals surface area contributed by atoms with Crippen molar-refractivity contribution in [3.8, 4) is 0 Å². The van der Waals surface area contributed by atoms with E-state index in [1.54, 1.807) is 0 Å². The highest BCUT2D eigenvalue weighted by Crippen LogP contribution is 2.27. The Morgan fingerprint density at radius 2 is 2.19 bits per heavy atom. The Balaban J connectivity index is 1.55. The van der Waals surface area contributed by atoms with Gasteiger partial charge in [0, 0.05) is 12.6 Å². The summed E-state index contributed by atoms with van der Waals surface area (Å²) in [6.45, 7) is 4.66. The lowest BCUT2D eigenvalue weighted by Crippen LogP contribution is -2.55. The van der Waals surface area contributed by atoms with Crippen molar-refractivity contribution in [1.82, 2.24) is 10.2 Å². The van der Waals surface area contributed by atoms with Crippen LogP contribution >= 0.6 is 15.9 Å². The summed E-state index contributed by atoms with van der Waals surface area (Å²) in [7, 11) is 0. The average Bonchev–Trinajstić information content (AvgIpc) is 2.74. The van der Waals surface area contributed by atoms with E-state index in [-0.39, 0.29) is 0 Å². The standard InChI is InChI=1S/C12H17BrN2O/c13-12-2-1-10(16-12)7-14-11-8-15-5-3-9(11)4-6-15/h1-2,9,11,14H,3-8H2. The van der Waals surface area contributed by atoms with Crippen LogP contribution in [-0.2, 0) is 6.54 Å². The fraction of sp³-hybridized carbons (Fsp3) is 0.667. The highest BCUT2D eigenvalue weighted by molar-refractivity contribution is 9.10. The van der Waals surface area contributed by atoms with Crippen LogP contribution in [0.5, 0.6) is 0 Å². The van der Waals surface area contributed by atoms with Crippen molar-refractivity contribution in [2.75, 3.05) is 19.6 Å². The monoisotopic (exact) mass is 284 g/mol. The number of hydrogen-bond acceptors (Lipinski definition) is 3. The number of rotatable bonds is 3. The number of fused-ring (bicyclic) bond motifs is 3. The number of piperidine rings is 3. The quantitative estimate of drug-likeness (QED) is 0.923. The van der Waals surface area contributed by atoms with Crippen LogP contribution in [0.4, 0.5) is 0 Å². The molecule has 88 valence electrons. The molecule has 4 rings (SSSR count). The van der Waals surface area contributed by atoms with E-state index < -0.39 is 0 Å². The lowest BCUT2D eigenvalue weighted by atomic mass is 9.84. The van der Waals surface area contributed by atoms with Gasteiger partial charge in [-0.1, -0.05) is 0 Å². The minimum absolute atomic E-state index is 0.659. The second-order valence-electron chi connectivity index (χ2n) is 4.83. The molecule has 1 aromatic heterocycles. The van der Waals surface area contributed by atoms with Crippen molar-refractivity contribution in [2.45, 2.75) is 25.4 Å². The number of nitrogens with one attached hydrogen (secondary N) is 1. The number of nitrogens with zero attached hydrogens (tertiary/aromatic N) is 1. The summed E-state index contributed by atoms with van der Waals surface area (Å²) in [5.41, 5.74) is 0. The molecule has 0 saturated carbocycles. The van der Waals surface area contributed by atoms with E-state index >= 15 is 0 Å². The SMILES string of the molecule is Brc1ccc(CNC2CN3CCC2CC3)o1. The number of hydrogen-bond donors (Lipinski definition) is 1. The molecule has 1 N–H and O–H groups in total. The minimum atomic E-state index is 0.659. The number of furan rings is 1. The summed E-state index contributed by atoms with van der Waals surface area (Å²) < 4.78 is 6.31. The zero-order valence-electron chi connectivity index (χ0n) is 9.29. The van der Waals surface area contributed by atoms with Crippen LogP contribution in [0.2, 0.25) is 0 Å². The predicted octanol–water partition coefficient (Wildman–Crippen LogP) is 2.23. The van der Waals surface area contributed by atoms with E-state index in [0.717, 1.165) is 22.9 Å². The van der Waals surface area contributed by atoms with Crippen LogP contribution in [0.3, 0.4) is 0 Å². The maximum Gasteiger partial charge on any atom is 0.169 e. The van der Waals surface area contributed by atoms with E-state index in [9.17, 15) is 0 Å². The van der Waals surface area contributed by atoms with Gasteiger partial charge >= 0.3 is 0 Å². The Labute approximate surface area is 104 Å². The van der Waals surface area contributed by atoms with Crippen molar-refractivity contribution in [3.63, 3.8) is 0 Å². The van der Waals surface area contributed by atoms with E-state index in [1.165, 1.54) is 32.5 Å². The average molecular weight is 285 g/mol. The van der Waals surface area contributed by atoms with Gasteiger partial charge in [-0.25, -0.2) is 0 Å². The molecule has 0 amide bonds. The highest BCUT2D eigenvalue weighted by Gasteiger charge is 2.33. The zero-order chi connectivity index (χ0) is 11.0. The molecule has 16 heavy (non-hydrogen) atoms. The summed E-state index contributed by atoms with van der Waals surface area (Å²) in [6, 6.07) is 4.64. The predicted molar refractivity (Wildman–Crippen MR) is 66.2 cm³/mol. The van der Waals surface area contributed by atoms with Crippen LogP contribution in [-0.4, -0.2) is 30.6 Å². The summed E-state index contributed by atoms with van der Waals surface area (Å²) in [5.74, 6) is 1.90. The largest absolute Gasteiger partial charge is 0.453 e. The van der Waals surface area contributed by atoms with Crippen molar-refractivity contribution >= 4 is 15.9 Å². The lowest BCUT2D eigenvalue weighted by molar-refractivity contribution is 0.0711. The third kappa shape index (κ3) is 2.19. The van der Waals surface area contributed by atoms with Crippen LogP contribution in [0.1, 0.15) is 18.6 Å². The Kier molecular flexibility index (Phi) is 3.05. The lowest BCUT2D eigenvalue weighted by Gasteiger charge is -2.45. The van der Waals surface area contributed by atoms with Crippen molar-refractivity contribution in [2.24, 2.45) is 5.92 Å². The van der Waals surface area contributed by atoms with Crippen LogP contribution in [0.15, 0.2) is 21.2 Å². The van der Waals surface area contributed by atoms with Gasteiger partial charge < -0.3 is 14.6 Å². The van der Waals surface area contributed by atoms with Crippen LogP contribution in [0, 0.1) is 5.92 Å². The fourth-order valence-corrected chi connectivity index (χ4v) is 3.21. The van der Waals surface area contributed by atoms with Gasteiger partial charge in [-0.05, 0) is 59.9 Å².